The summed E-state index contributed by atoms with van der Waals surface area (Å²) in [6, 6.07) is 0.287. The lowest BCUT2D eigenvalue weighted by atomic mass is 9.89. The smallest absolute Gasteiger partial charge is 0.0693 e. The van der Waals surface area contributed by atoms with Crippen molar-refractivity contribution in [3.8, 4) is 0 Å². The van der Waals surface area contributed by atoms with E-state index < -0.39 is 0 Å². The van der Waals surface area contributed by atoms with E-state index in [1.807, 2.05) is 0 Å². The van der Waals surface area contributed by atoms with Gasteiger partial charge < -0.3 is 15.2 Å². The first-order chi connectivity index (χ1) is 6.70. The highest BCUT2D eigenvalue weighted by Gasteiger charge is 2.34. The van der Waals surface area contributed by atoms with Crippen molar-refractivity contribution in [1.29, 1.82) is 0 Å². The molecule has 14 heavy (non-hydrogen) atoms. The fourth-order valence-electron chi connectivity index (χ4n) is 2.51. The van der Waals surface area contributed by atoms with Gasteiger partial charge in [-0.1, -0.05) is 12.8 Å². The van der Waals surface area contributed by atoms with Gasteiger partial charge in [-0.15, -0.1) is 0 Å². The van der Waals surface area contributed by atoms with Crippen molar-refractivity contribution in [2.45, 2.75) is 56.7 Å². The molecular weight excluding hydrogens is 178 g/mol. The quantitative estimate of drug-likeness (QED) is 0.698. The third kappa shape index (κ3) is 2.27. The summed E-state index contributed by atoms with van der Waals surface area (Å²) in [5.41, 5.74) is 0.100. The Morgan fingerprint density at radius 3 is 2.79 bits per heavy atom. The fourth-order valence-corrected chi connectivity index (χ4v) is 2.51. The van der Waals surface area contributed by atoms with Crippen LogP contribution in [0.15, 0.2) is 0 Å². The first-order valence-corrected chi connectivity index (χ1v) is 5.73. The Labute approximate surface area is 85.8 Å². The number of ether oxygens (including phenoxy) is 1. The van der Waals surface area contributed by atoms with Crippen LogP contribution in [0.3, 0.4) is 0 Å². The molecule has 1 aliphatic carbocycles. The molecule has 3 heteroatoms. The topological polar surface area (TPSA) is 41.5 Å². The van der Waals surface area contributed by atoms with Crippen molar-refractivity contribution in [3.63, 3.8) is 0 Å². The van der Waals surface area contributed by atoms with Crippen molar-refractivity contribution in [1.82, 2.24) is 5.32 Å². The van der Waals surface area contributed by atoms with E-state index in [1.165, 1.54) is 12.8 Å². The summed E-state index contributed by atoms with van der Waals surface area (Å²) < 4.78 is 5.39. The Bertz CT molecular complexity index is 190. The highest BCUT2D eigenvalue weighted by molar-refractivity contribution is 4.93. The Morgan fingerprint density at radius 2 is 2.14 bits per heavy atom. The monoisotopic (exact) mass is 199 g/mol. The van der Waals surface area contributed by atoms with E-state index in [0.717, 1.165) is 32.5 Å². The minimum atomic E-state index is -0.152. The molecule has 0 radical (unpaired) electrons. The molecule has 2 aliphatic rings. The van der Waals surface area contributed by atoms with Crippen molar-refractivity contribution in [2.24, 2.45) is 0 Å². The lowest BCUT2D eigenvalue weighted by molar-refractivity contribution is 0.0695. The van der Waals surface area contributed by atoms with E-state index >= 15 is 0 Å². The van der Waals surface area contributed by atoms with Crippen LogP contribution in [0.5, 0.6) is 0 Å². The average Bonchev–Trinajstić information content (AvgIpc) is 2.57. The SMILES string of the molecule is CC1(N[C@@H]2CCCC[C@H]2O)CCOC1. The van der Waals surface area contributed by atoms with Crippen molar-refractivity contribution in [2.75, 3.05) is 13.2 Å². The molecule has 0 aromatic heterocycles. The van der Waals surface area contributed by atoms with Crippen LogP contribution in [0.4, 0.5) is 0 Å². The molecule has 1 aliphatic heterocycles. The molecular formula is C11H21NO2. The maximum Gasteiger partial charge on any atom is 0.0693 e. The number of rotatable bonds is 2. The summed E-state index contributed by atoms with van der Waals surface area (Å²) in [6.07, 6.45) is 5.39. The zero-order valence-electron chi connectivity index (χ0n) is 8.96. The molecule has 1 saturated carbocycles. The van der Waals surface area contributed by atoms with Crippen molar-refractivity contribution < 1.29 is 9.84 Å². The van der Waals surface area contributed by atoms with Crippen LogP contribution in [0.2, 0.25) is 0 Å². The number of hydrogen-bond acceptors (Lipinski definition) is 3. The predicted molar refractivity (Wildman–Crippen MR) is 55.2 cm³/mol. The van der Waals surface area contributed by atoms with Crippen LogP contribution in [-0.4, -0.2) is 36.0 Å². The highest BCUT2D eigenvalue weighted by Crippen LogP contribution is 2.24. The summed E-state index contributed by atoms with van der Waals surface area (Å²) in [4.78, 5) is 0. The van der Waals surface area contributed by atoms with Gasteiger partial charge in [-0.25, -0.2) is 0 Å². The van der Waals surface area contributed by atoms with Gasteiger partial charge in [0.1, 0.15) is 0 Å². The van der Waals surface area contributed by atoms with Gasteiger partial charge in [-0.2, -0.15) is 0 Å². The molecule has 0 bridgehead atoms. The summed E-state index contributed by atoms with van der Waals surface area (Å²) in [7, 11) is 0. The maximum atomic E-state index is 9.84. The van der Waals surface area contributed by atoms with Crippen LogP contribution in [-0.2, 0) is 4.74 Å². The summed E-state index contributed by atoms with van der Waals surface area (Å²) in [5, 5.41) is 13.4. The third-order valence-corrected chi connectivity index (χ3v) is 3.48. The predicted octanol–water partition coefficient (Wildman–Crippen LogP) is 1.06. The van der Waals surface area contributed by atoms with Gasteiger partial charge in [-0.05, 0) is 26.2 Å². The molecule has 1 unspecified atom stereocenters. The van der Waals surface area contributed by atoms with Gasteiger partial charge in [0.2, 0.25) is 0 Å². The third-order valence-electron chi connectivity index (χ3n) is 3.48. The van der Waals surface area contributed by atoms with Crippen LogP contribution >= 0.6 is 0 Å². The Balaban J connectivity index is 1.88. The minimum absolute atomic E-state index is 0.100. The molecule has 1 heterocycles. The average molecular weight is 199 g/mol. The lowest BCUT2D eigenvalue weighted by Crippen LogP contribution is -2.54. The van der Waals surface area contributed by atoms with E-state index in [2.05, 4.69) is 12.2 Å². The Morgan fingerprint density at radius 1 is 1.36 bits per heavy atom. The van der Waals surface area contributed by atoms with Gasteiger partial charge in [0.25, 0.3) is 0 Å². The number of nitrogens with one attached hydrogen (secondary N) is 1. The number of aliphatic hydroxyl groups is 1. The first-order valence-electron chi connectivity index (χ1n) is 5.73. The fraction of sp³-hybridized carbons (Fsp3) is 1.00. The molecule has 2 fully saturated rings. The number of aliphatic hydroxyl groups excluding tert-OH is 1. The summed E-state index contributed by atoms with van der Waals surface area (Å²) >= 11 is 0. The normalized spacial score (nSPS) is 44.1. The zero-order chi connectivity index (χ0) is 10.0. The van der Waals surface area contributed by atoms with Crippen LogP contribution < -0.4 is 5.32 Å². The van der Waals surface area contributed by atoms with E-state index in [1.54, 1.807) is 0 Å². The molecule has 3 nitrogen and oxygen atoms in total. The van der Waals surface area contributed by atoms with Gasteiger partial charge in [0.15, 0.2) is 0 Å². The largest absolute Gasteiger partial charge is 0.392 e. The Kier molecular flexibility index (Phi) is 3.10. The Hall–Kier alpha value is -0.120. The van der Waals surface area contributed by atoms with Gasteiger partial charge >= 0.3 is 0 Å². The molecule has 0 spiro atoms. The molecule has 1 saturated heterocycles. The van der Waals surface area contributed by atoms with Crippen LogP contribution in [0.25, 0.3) is 0 Å². The molecule has 82 valence electrons. The summed E-state index contributed by atoms with van der Waals surface area (Å²) in [6.45, 7) is 3.84. The highest BCUT2D eigenvalue weighted by atomic mass is 16.5. The van der Waals surface area contributed by atoms with Gasteiger partial charge in [0.05, 0.1) is 12.7 Å². The van der Waals surface area contributed by atoms with E-state index in [4.69, 9.17) is 4.74 Å². The molecule has 0 aromatic carbocycles. The molecule has 0 amide bonds. The summed E-state index contributed by atoms with van der Waals surface area (Å²) in [5.74, 6) is 0. The zero-order valence-corrected chi connectivity index (χ0v) is 8.96. The van der Waals surface area contributed by atoms with Crippen LogP contribution in [0, 0.1) is 0 Å². The lowest BCUT2D eigenvalue weighted by Gasteiger charge is -2.35. The first kappa shape index (κ1) is 10.4. The van der Waals surface area contributed by atoms with E-state index in [-0.39, 0.29) is 17.7 Å². The van der Waals surface area contributed by atoms with E-state index in [0.29, 0.717) is 0 Å². The van der Waals surface area contributed by atoms with Crippen molar-refractivity contribution >= 4 is 0 Å². The second-order valence-corrected chi connectivity index (χ2v) is 4.97. The second kappa shape index (κ2) is 4.17. The second-order valence-electron chi connectivity index (χ2n) is 4.97. The molecule has 0 aromatic rings. The molecule has 2 N–H and O–H groups in total. The molecule has 3 atom stereocenters. The van der Waals surface area contributed by atoms with Crippen LogP contribution in [0.1, 0.15) is 39.0 Å². The standard InChI is InChI=1S/C11H21NO2/c1-11(6-7-14-8-11)12-9-4-2-3-5-10(9)13/h9-10,12-13H,2-8H2,1H3/t9-,10-,11?/m1/s1. The maximum absolute atomic E-state index is 9.84. The van der Waals surface area contributed by atoms with Gasteiger partial charge in [0, 0.05) is 18.2 Å². The van der Waals surface area contributed by atoms with Crippen molar-refractivity contribution in [3.05, 3.63) is 0 Å². The minimum Gasteiger partial charge on any atom is -0.392 e. The van der Waals surface area contributed by atoms with Gasteiger partial charge in [-0.3, -0.25) is 0 Å². The van der Waals surface area contributed by atoms with E-state index in [9.17, 15) is 5.11 Å². The number of hydrogen-bond donors (Lipinski definition) is 2. The molecule has 2 rings (SSSR count).